The van der Waals surface area contributed by atoms with Crippen molar-refractivity contribution < 1.29 is 28.5 Å². The minimum atomic E-state index is -2.19. The molecular formula is C29H37NO6Si. The van der Waals surface area contributed by atoms with Crippen LogP contribution in [0.25, 0.3) is 5.70 Å². The number of hydrogen-bond donors (Lipinski definition) is 0. The first kappa shape index (κ1) is 26.8. The molecule has 4 rings (SSSR count). The van der Waals surface area contributed by atoms with E-state index in [9.17, 15) is 9.59 Å². The summed E-state index contributed by atoms with van der Waals surface area (Å²) in [7, 11) is -2.19. The van der Waals surface area contributed by atoms with E-state index in [0.29, 0.717) is 29.3 Å². The SMILES string of the molecule is CCOC(=O)C1=C(c2ccc3c(c2)OCO3)N(Cc2ccccc2)[C@H](C(=O)OC(C)(C)C)C1[Si](C)(C)C. The molecule has 2 aromatic carbocycles. The van der Waals surface area contributed by atoms with Crippen molar-refractivity contribution in [1.29, 1.82) is 0 Å². The third-order valence-corrected chi connectivity index (χ3v) is 8.89. The maximum atomic E-state index is 13.9. The van der Waals surface area contributed by atoms with E-state index in [4.69, 9.17) is 18.9 Å². The molecule has 0 spiro atoms. The van der Waals surface area contributed by atoms with E-state index < -0.39 is 25.7 Å². The quantitative estimate of drug-likeness (QED) is 0.344. The molecule has 2 aliphatic heterocycles. The lowest BCUT2D eigenvalue weighted by Gasteiger charge is -2.37. The molecular weight excluding hydrogens is 486 g/mol. The summed E-state index contributed by atoms with van der Waals surface area (Å²) in [6.07, 6.45) is 0. The molecule has 2 atom stereocenters. The Hall–Kier alpha value is -3.26. The number of carbonyl (C=O) groups is 2. The van der Waals surface area contributed by atoms with E-state index in [-0.39, 0.29) is 24.9 Å². The Labute approximate surface area is 220 Å². The second-order valence-corrected chi connectivity index (χ2v) is 16.8. The predicted molar refractivity (Wildman–Crippen MR) is 145 cm³/mol. The molecule has 1 unspecified atom stereocenters. The first-order valence-corrected chi connectivity index (χ1v) is 16.3. The molecule has 0 aliphatic carbocycles. The lowest BCUT2D eigenvalue weighted by atomic mass is 10.0. The standard InChI is InChI=1S/C29H37NO6Si/c1-8-33-27(31)23-24(20-14-15-21-22(16-20)35-18-34-21)30(17-19-12-10-9-11-13-19)25(26(23)37(5,6)7)28(32)36-29(2,3)4/h9-16,25-26H,8,17-18H2,1-7H3/t25-,26?/m0/s1. The van der Waals surface area contributed by atoms with Gasteiger partial charge in [0.2, 0.25) is 6.79 Å². The number of fused-ring (bicyclic) bond motifs is 1. The lowest BCUT2D eigenvalue weighted by molar-refractivity contribution is -0.159. The normalized spacial score (nSPS) is 19.3. The summed E-state index contributed by atoms with van der Waals surface area (Å²) in [5.74, 6) is 0.526. The number of benzene rings is 2. The Balaban J connectivity index is 1.96. The summed E-state index contributed by atoms with van der Waals surface area (Å²) in [6, 6.07) is 14.9. The number of ether oxygens (including phenoxy) is 4. The molecule has 0 bridgehead atoms. The Morgan fingerprint density at radius 3 is 2.32 bits per heavy atom. The third kappa shape index (κ3) is 5.69. The largest absolute Gasteiger partial charge is 0.463 e. The number of hydrogen-bond acceptors (Lipinski definition) is 7. The van der Waals surface area contributed by atoms with Gasteiger partial charge in [-0.3, -0.25) is 0 Å². The minimum absolute atomic E-state index is 0.147. The van der Waals surface area contributed by atoms with Crippen molar-refractivity contribution in [2.24, 2.45) is 0 Å². The van der Waals surface area contributed by atoms with Crippen LogP contribution in [0.2, 0.25) is 25.2 Å². The van der Waals surface area contributed by atoms with Gasteiger partial charge in [-0.15, -0.1) is 0 Å². The molecule has 2 aromatic rings. The van der Waals surface area contributed by atoms with E-state index >= 15 is 0 Å². The molecule has 0 radical (unpaired) electrons. The lowest BCUT2D eigenvalue weighted by Crippen LogP contribution is -2.48. The summed E-state index contributed by atoms with van der Waals surface area (Å²) in [5, 5.41) is 0. The van der Waals surface area contributed by atoms with E-state index in [2.05, 4.69) is 19.6 Å². The van der Waals surface area contributed by atoms with Crippen LogP contribution in [0.15, 0.2) is 54.1 Å². The van der Waals surface area contributed by atoms with E-state index in [1.165, 1.54) is 0 Å². The molecule has 0 fully saturated rings. The molecule has 0 aromatic heterocycles. The summed E-state index contributed by atoms with van der Waals surface area (Å²) in [5.41, 5.74) is 2.00. The van der Waals surface area contributed by atoms with Crippen molar-refractivity contribution in [2.75, 3.05) is 13.4 Å². The summed E-state index contributed by atoms with van der Waals surface area (Å²) >= 11 is 0. The average Bonchev–Trinajstić information content (AvgIpc) is 3.40. The van der Waals surface area contributed by atoms with Crippen molar-refractivity contribution >= 4 is 25.7 Å². The van der Waals surface area contributed by atoms with Crippen LogP contribution in [0.1, 0.15) is 38.8 Å². The highest BCUT2D eigenvalue weighted by Crippen LogP contribution is 2.51. The van der Waals surface area contributed by atoms with Crippen LogP contribution in [0, 0.1) is 0 Å². The first-order valence-electron chi connectivity index (χ1n) is 12.8. The van der Waals surface area contributed by atoms with Crippen LogP contribution in [0.5, 0.6) is 11.5 Å². The monoisotopic (exact) mass is 523 g/mol. The van der Waals surface area contributed by atoms with Gasteiger partial charge in [0, 0.05) is 17.6 Å². The van der Waals surface area contributed by atoms with Crippen LogP contribution in [0.3, 0.4) is 0 Å². The maximum absolute atomic E-state index is 13.9. The topological polar surface area (TPSA) is 74.3 Å². The minimum Gasteiger partial charge on any atom is -0.463 e. The van der Waals surface area contributed by atoms with Gasteiger partial charge in [0.15, 0.2) is 11.5 Å². The third-order valence-electron chi connectivity index (χ3n) is 6.42. The smallest absolute Gasteiger partial charge is 0.336 e. The number of esters is 2. The summed E-state index contributed by atoms with van der Waals surface area (Å²) < 4.78 is 22.8. The van der Waals surface area contributed by atoms with Crippen LogP contribution < -0.4 is 9.47 Å². The predicted octanol–water partition coefficient (Wildman–Crippen LogP) is 5.62. The van der Waals surface area contributed by atoms with Gasteiger partial charge in [0.25, 0.3) is 0 Å². The van der Waals surface area contributed by atoms with Gasteiger partial charge in [-0.2, -0.15) is 0 Å². The highest BCUT2D eigenvalue weighted by atomic mass is 28.3. The van der Waals surface area contributed by atoms with Crippen molar-refractivity contribution in [3.05, 3.63) is 65.2 Å². The highest BCUT2D eigenvalue weighted by molar-refractivity contribution is 6.79. The molecule has 0 N–H and O–H groups in total. The van der Waals surface area contributed by atoms with E-state index in [0.717, 1.165) is 11.1 Å². The van der Waals surface area contributed by atoms with Gasteiger partial charge in [-0.25, -0.2) is 9.59 Å². The zero-order valence-corrected chi connectivity index (χ0v) is 23.8. The van der Waals surface area contributed by atoms with Crippen LogP contribution >= 0.6 is 0 Å². The highest BCUT2D eigenvalue weighted by Gasteiger charge is 2.54. The van der Waals surface area contributed by atoms with Crippen molar-refractivity contribution in [3.63, 3.8) is 0 Å². The Bertz CT molecular complexity index is 1200. The zero-order chi connectivity index (χ0) is 27.0. The maximum Gasteiger partial charge on any atom is 0.336 e. The van der Waals surface area contributed by atoms with Crippen molar-refractivity contribution in [2.45, 2.75) is 71.1 Å². The molecule has 7 nitrogen and oxygen atoms in total. The fourth-order valence-corrected chi connectivity index (χ4v) is 7.45. The second-order valence-electron chi connectivity index (χ2n) is 11.5. The van der Waals surface area contributed by atoms with Gasteiger partial charge < -0.3 is 23.8 Å². The van der Waals surface area contributed by atoms with Crippen molar-refractivity contribution in [3.8, 4) is 11.5 Å². The Kier molecular flexibility index (Phi) is 7.42. The second kappa shape index (κ2) is 10.2. The van der Waals surface area contributed by atoms with E-state index in [1.807, 2.05) is 74.2 Å². The van der Waals surface area contributed by atoms with Gasteiger partial charge in [-0.05, 0) is 51.5 Å². The van der Waals surface area contributed by atoms with Gasteiger partial charge in [0.1, 0.15) is 11.6 Å². The van der Waals surface area contributed by atoms with Crippen LogP contribution in [0.4, 0.5) is 0 Å². The van der Waals surface area contributed by atoms with Crippen molar-refractivity contribution in [1.82, 2.24) is 4.90 Å². The Morgan fingerprint density at radius 2 is 1.70 bits per heavy atom. The van der Waals surface area contributed by atoms with Gasteiger partial charge >= 0.3 is 11.9 Å². The molecule has 0 saturated carbocycles. The molecule has 8 heteroatoms. The molecule has 0 amide bonds. The molecule has 0 saturated heterocycles. The molecule has 198 valence electrons. The van der Waals surface area contributed by atoms with Crippen LogP contribution in [-0.4, -0.2) is 50.0 Å². The zero-order valence-electron chi connectivity index (χ0n) is 22.8. The number of nitrogens with zero attached hydrogens (tertiary/aromatic N) is 1. The van der Waals surface area contributed by atoms with Crippen LogP contribution in [-0.2, 0) is 25.6 Å². The fourth-order valence-electron chi connectivity index (χ4n) is 5.07. The fraction of sp³-hybridized carbons (Fsp3) is 0.448. The van der Waals surface area contributed by atoms with E-state index in [1.54, 1.807) is 6.92 Å². The first-order chi connectivity index (χ1) is 17.4. The number of carbonyl (C=O) groups excluding carboxylic acids is 2. The Morgan fingerprint density at radius 1 is 1.03 bits per heavy atom. The summed E-state index contributed by atoms with van der Waals surface area (Å²) in [4.78, 5) is 29.7. The molecule has 2 aliphatic rings. The summed E-state index contributed by atoms with van der Waals surface area (Å²) in [6.45, 7) is 14.7. The van der Waals surface area contributed by atoms with Gasteiger partial charge in [0.05, 0.1) is 26.0 Å². The average molecular weight is 524 g/mol. The molecule has 37 heavy (non-hydrogen) atoms. The number of rotatable bonds is 7. The molecule has 2 heterocycles. The van der Waals surface area contributed by atoms with Gasteiger partial charge in [-0.1, -0.05) is 50.0 Å².